The highest BCUT2D eigenvalue weighted by atomic mass is 15.3. The van der Waals surface area contributed by atoms with Crippen molar-refractivity contribution in [2.45, 2.75) is 83.3 Å². The molecule has 6 heteroatoms. The lowest BCUT2D eigenvalue weighted by Crippen LogP contribution is -2.32. The molecule has 1 N–H and O–H groups in total. The summed E-state index contributed by atoms with van der Waals surface area (Å²) in [4.78, 5) is 15.4. The molecule has 1 saturated carbocycles. The number of hydrogen-bond acceptors (Lipinski definition) is 4. The van der Waals surface area contributed by atoms with Crippen molar-refractivity contribution in [3.05, 3.63) is 71.2 Å². The molecule has 39 heavy (non-hydrogen) atoms. The van der Waals surface area contributed by atoms with Crippen LogP contribution in [0.3, 0.4) is 0 Å². The van der Waals surface area contributed by atoms with Crippen LogP contribution in [0.1, 0.15) is 86.7 Å². The molecule has 2 aromatic heterocycles. The smallest absolute Gasteiger partial charge is 0.111 e. The molecule has 2 aliphatic heterocycles. The number of nitrogens with one attached hydrogen (secondary N) is 1. The second-order valence-electron chi connectivity index (χ2n) is 12.3. The summed E-state index contributed by atoms with van der Waals surface area (Å²) in [7, 11) is 0. The van der Waals surface area contributed by atoms with E-state index >= 15 is 0 Å². The van der Waals surface area contributed by atoms with Crippen molar-refractivity contribution in [2.24, 2.45) is 15.9 Å². The topological polar surface area (TPSA) is 61.6 Å². The van der Waals surface area contributed by atoms with Crippen molar-refractivity contribution in [2.75, 3.05) is 13.1 Å². The zero-order valence-corrected chi connectivity index (χ0v) is 23.3. The number of aliphatic imine (C=N–C) groups is 2. The number of allylic oxidation sites excluding steroid dienone is 3. The molecule has 0 spiro atoms. The number of likely N-dealkylation sites (tertiary alicyclic amines) is 1. The van der Waals surface area contributed by atoms with Crippen molar-refractivity contribution in [3.63, 3.8) is 0 Å². The largest absolute Gasteiger partial charge is 0.354 e. The van der Waals surface area contributed by atoms with Crippen molar-refractivity contribution < 1.29 is 0 Å². The SMILES string of the molecule is CC(C)c1c(C2=C/CCC3N=CN=C3/C=C\2)[nH]c2ccc(C3CCN(Cc4ccn(CC5CC5)n4)CC3)cc12. The highest BCUT2D eigenvalue weighted by molar-refractivity contribution is 6.08. The molecule has 0 amide bonds. The van der Waals surface area contributed by atoms with Gasteiger partial charge in [0, 0.05) is 35.9 Å². The van der Waals surface area contributed by atoms with Gasteiger partial charge in [0.25, 0.3) is 0 Å². The van der Waals surface area contributed by atoms with Crippen molar-refractivity contribution in [1.82, 2.24) is 19.7 Å². The average Bonchev–Trinajstić information content (AvgIpc) is 3.28. The number of aromatic amines is 1. The third kappa shape index (κ3) is 5.19. The summed E-state index contributed by atoms with van der Waals surface area (Å²) in [5.74, 6) is 1.92. The van der Waals surface area contributed by atoms with Crippen LogP contribution in [-0.4, -0.2) is 50.8 Å². The van der Waals surface area contributed by atoms with Crippen LogP contribution in [0.2, 0.25) is 0 Å². The van der Waals surface area contributed by atoms with Crippen molar-refractivity contribution >= 4 is 28.5 Å². The number of nitrogens with zero attached hydrogens (tertiary/aromatic N) is 5. The number of H-pyrrole nitrogens is 1. The summed E-state index contributed by atoms with van der Waals surface area (Å²) in [6, 6.07) is 9.61. The predicted octanol–water partition coefficient (Wildman–Crippen LogP) is 6.86. The van der Waals surface area contributed by atoms with Crippen LogP contribution in [0.25, 0.3) is 16.5 Å². The van der Waals surface area contributed by atoms with E-state index in [9.17, 15) is 0 Å². The summed E-state index contributed by atoms with van der Waals surface area (Å²) in [5.41, 5.74) is 9.02. The average molecular weight is 521 g/mol. The Bertz CT molecular complexity index is 1470. The van der Waals surface area contributed by atoms with Crippen LogP contribution in [0, 0.1) is 5.92 Å². The maximum absolute atomic E-state index is 4.84. The van der Waals surface area contributed by atoms with E-state index in [0.29, 0.717) is 11.8 Å². The zero-order chi connectivity index (χ0) is 26.3. The van der Waals surface area contributed by atoms with Gasteiger partial charge in [-0.25, -0.2) is 4.99 Å². The summed E-state index contributed by atoms with van der Waals surface area (Å²) in [6.07, 6.45) is 17.9. The summed E-state index contributed by atoms with van der Waals surface area (Å²) < 4.78 is 2.16. The maximum Gasteiger partial charge on any atom is 0.111 e. The number of rotatable bonds is 7. The minimum absolute atomic E-state index is 0.227. The third-order valence-electron chi connectivity index (χ3n) is 9.04. The molecule has 1 aromatic carbocycles. The molecule has 1 unspecified atom stereocenters. The summed E-state index contributed by atoms with van der Waals surface area (Å²) >= 11 is 0. The molecule has 0 radical (unpaired) electrons. The fraction of sp³-hybridized carbons (Fsp3) is 0.485. The molecule has 4 heterocycles. The van der Waals surface area contributed by atoms with Gasteiger partial charge < -0.3 is 4.98 Å². The molecule has 6 nitrogen and oxygen atoms in total. The van der Waals surface area contributed by atoms with E-state index in [1.54, 1.807) is 6.34 Å². The van der Waals surface area contributed by atoms with Crippen molar-refractivity contribution in [3.8, 4) is 0 Å². The molecule has 0 bridgehead atoms. The van der Waals surface area contributed by atoms with Gasteiger partial charge in [-0.3, -0.25) is 14.6 Å². The number of fused-ring (bicyclic) bond motifs is 2. The number of piperidine rings is 1. The van der Waals surface area contributed by atoms with Gasteiger partial charge in [0.15, 0.2) is 0 Å². The normalized spacial score (nSPS) is 24.4. The van der Waals surface area contributed by atoms with Gasteiger partial charge in [0.2, 0.25) is 0 Å². The molecule has 1 saturated heterocycles. The lowest BCUT2D eigenvalue weighted by Gasteiger charge is -2.31. The van der Waals surface area contributed by atoms with Gasteiger partial charge in [-0.15, -0.1) is 0 Å². The van der Waals surface area contributed by atoms with Crippen LogP contribution in [0.4, 0.5) is 0 Å². The van der Waals surface area contributed by atoms with Gasteiger partial charge in [0.1, 0.15) is 6.34 Å². The first kappa shape index (κ1) is 24.8. The molecule has 2 aliphatic carbocycles. The van der Waals surface area contributed by atoms with Crippen LogP contribution < -0.4 is 0 Å². The Morgan fingerprint density at radius 2 is 1.90 bits per heavy atom. The van der Waals surface area contributed by atoms with Crippen molar-refractivity contribution in [1.29, 1.82) is 0 Å². The van der Waals surface area contributed by atoms with Gasteiger partial charge in [-0.05, 0) is 110 Å². The molecule has 3 aromatic rings. The van der Waals surface area contributed by atoms with Crippen LogP contribution in [-0.2, 0) is 13.1 Å². The summed E-state index contributed by atoms with van der Waals surface area (Å²) in [5, 5.41) is 6.23. The van der Waals surface area contributed by atoms with E-state index in [-0.39, 0.29) is 6.04 Å². The first-order chi connectivity index (χ1) is 19.1. The van der Waals surface area contributed by atoms with E-state index in [0.717, 1.165) is 50.7 Å². The number of benzene rings is 1. The fourth-order valence-corrected chi connectivity index (χ4v) is 6.66. The quantitative estimate of drug-likeness (QED) is 0.370. The van der Waals surface area contributed by atoms with Crippen LogP contribution >= 0.6 is 0 Å². The molecule has 7 rings (SSSR count). The maximum atomic E-state index is 4.84. The lowest BCUT2D eigenvalue weighted by molar-refractivity contribution is 0.202. The summed E-state index contributed by atoms with van der Waals surface area (Å²) in [6.45, 7) is 8.99. The highest BCUT2D eigenvalue weighted by Gasteiger charge is 2.25. The molecular weight excluding hydrogens is 480 g/mol. The Labute approximate surface area is 231 Å². The van der Waals surface area contributed by atoms with Gasteiger partial charge in [-0.1, -0.05) is 32.1 Å². The third-order valence-corrected chi connectivity index (χ3v) is 9.04. The second kappa shape index (κ2) is 10.4. The standard InChI is InChI=1S/C33H40N6/c1-22(2)32-28-18-26(24-12-15-38(16-13-24)20-27-14-17-39(37-27)19-23-6-7-23)9-10-29(28)36-33(32)25-4-3-5-30-31(11-8-25)35-21-34-30/h4,8-11,14,17-18,21-24,30,36H,3,5-7,12-13,15-16,19-20H2,1-2H3/b11-8-,25-4+. The van der Waals surface area contributed by atoms with Gasteiger partial charge in [-0.2, -0.15) is 5.10 Å². The monoisotopic (exact) mass is 520 g/mol. The predicted molar refractivity (Wildman–Crippen MR) is 161 cm³/mol. The van der Waals surface area contributed by atoms with E-state index in [2.05, 4.69) is 87.1 Å². The van der Waals surface area contributed by atoms with E-state index in [4.69, 9.17) is 5.10 Å². The molecule has 1 atom stereocenters. The Kier molecular flexibility index (Phi) is 6.59. The Morgan fingerprint density at radius 3 is 2.72 bits per heavy atom. The molecule has 4 aliphatic rings. The Balaban J connectivity index is 1.07. The fourth-order valence-electron chi connectivity index (χ4n) is 6.66. The van der Waals surface area contributed by atoms with E-state index in [1.165, 1.54) is 64.7 Å². The minimum Gasteiger partial charge on any atom is -0.354 e. The number of aromatic nitrogens is 3. The van der Waals surface area contributed by atoms with Crippen LogP contribution in [0.15, 0.2) is 58.7 Å². The van der Waals surface area contributed by atoms with Gasteiger partial charge >= 0.3 is 0 Å². The Hall–Kier alpha value is -3.25. The Morgan fingerprint density at radius 1 is 1.03 bits per heavy atom. The number of hydrogen-bond donors (Lipinski definition) is 1. The van der Waals surface area contributed by atoms with Gasteiger partial charge in [0.05, 0.1) is 17.4 Å². The first-order valence-corrected chi connectivity index (χ1v) is 15.0. The lowest BCUT2D eigenvalue weighted by atomic mass is 9.87. The second-order valence-corrected chi connectivity index (χ2v) is 12.3. The van der Waals surface area contributed by atoms with Crippen LogP contribution in [0.5, 0.6) is 0 Å². The zero-order valence-electron chi connectivity index (χ0n) is 23.3. The molecular formula is C33H40N6. The highest BCUT2D eigenvalue weighted by Crippen LogP contribution is 2.38. The molecule has 202 valence electrons. The minimum atomic E-state index is 0.227. The first-order valence-electron chi connectivity index (χ1n) is 15.0. The van der Waals surface area contributed by atoms with E-state index < -0.39 is 0 Å². The molecule has 2 fully saturated rings. The van der Waals surface area contributed by atoms with E-state index in [1.807, 2.05) is 0 Å².